The third kappa shape index (κ3) is 3.72. The maximum absolute atomic E-state index is 12.4. The molecule has 1 heterocycles. The number of benzene rings is 2. The molecule has 2 aromatic carbocycles. The van der Waals surface area contributed by atoms with Crippen molar-refractivity contribution >= 4 is 11.8 Å². The highest BCUT2D eigenvalue weighted by molar-refractivity contribution is 5.99. The number of phenolic OH excluding ortho intramolecular Hbond substituents is 1. The molecule has 0 spiro atoms. The first-order chi connectivity index (χ1) is 12.6. The van der Waals surface area contributed by atoms with Crippen LogP contribution in [0.2, 0.25) is 0 Å². The molecule has 0 saturated carbocycles. The first-order valence-corrected chi connectivity index (χ1v) is 8.04. The van der Waals surface area contributed by atoms with Crippen LogP contribution in [0.3, 0.4) is 0 Å². The predicted octanol–water partition coefficient (Wildman–Crippen LogP) is 1.85. The number of nitrogens with zero attached hydrogens (tertiary/aromatic N) is 1. The molecule has 5 N–H and O–H groups in total. The van der Waals surface area contributed by atoms with Crippen LogP contribution in [0.5, 0.6) is 5.75 Å². The molecule has 7 nitrogen and oxygen atoms in total. The summed E-state index contributed by atoms with van der Waals surface area (Å²) < 4.78 is 0. The molecule has 0 saturated heterocycles. The van der Waals surface area contributed by atoms with Gasteiger partial charge in [-0.2, -0.15) is 0 Å². The van der Waals surface area contributed by atoms with Crippen molar-refractivity contribution in [3.63, 3.8) is 0 Å². The lowest BCUT2D eigenvalue weighted by Crippen LogP contribution is -2.25. The minimum Gasteiger partial charge on any atom is -0.506 e. The Labute approximate surface area is 149 Å². The van der Waals surface area contributed by atoms with Crippen molar-refractivity contribution in [2.24, 2.45) is 5.73 Å². The highest BCUT2D eigenvalue weighted by Gasteiger charge is 2.15. The van der Waals surface area contributed by atoms with E-state index in [1.165, 1.54) is 0 Å². The van der Waals surface area contributed by atoms with Gasteiger partial charge in [0, 0.05) is 36.0 Å². The van der Waals surface area contributed by atoms with Crippen LogP contribution in [0, 0.1) is 0 Å². The van der Waals surface area contributed by atoms with Crippen molar-refractivity contribution in [3.05, 3.63) is 71.8 Å². The summed E-state index contributed by atoms with van der Waals surface area (Å²) >= 11 is 0. The Balaban J connectivity index is 1.75. The predicted molar refractivity (Wildman–Crippen MR) is 96.7 cm³/mol. The number of rotatable bonds is 6. The summed E-state index contributed by atoms with van der Waals surface area (Å²) in [4.78, 5) is 30.4. The van der Waals surface area contributed by atoms with Crippen LogP contribution in [0.15, 0.2) is 55.0 Å². The van der Waals surface area contributed by atoms with E-state index in [1.807, 2.05) is 0 Å². The maximum atomic E-state index is 12.4. The van der Waals surface area contributed by atoms with Crippen LogP contribution >= 0.6 is 0 Å². The second-order valence-electron chi connectivity index (χ2n) is 5.73. The Morgan fingerprint density at radius 2 is 1.92 bits per heavy atom. The van der Waals surface area contributed by atoms with Crippen LogP contribution in [0.1, 0.15) is 26.4 Å². The van der Waals surface area contributed by atoms with E-state index in [1.54, 1.807) is 55.0 Å². The lowest BCUT2D eigenvalue weighted by molar-refractivity contribution is 0.0950. The Bertz CT molecular complexity index is 918. The molecule has 3 rings (SSSR count). The number of carbonyl (C=O) groups is 2. The second kappa shape index (κ2) is 7.52. The summed E-state index contributed by atoms with van der Waals surface area (Å²) in [5.41, 5.74) is 7.89. The topological polar surface area (TPSA) is 121 Å². The lowest BCUT2D eigenvalue weighted by Gasteiger charge is -2.11. The molecule has 2 amide bonds. The maximum Gasteiger partial charge on any atom is 0.255 e. The number of aromatic hydroxyl groups is 1. The van der Waals surface area contributed by atoms with Crippen molar-refractivity contribution in [1.82, 2.24) is 15.3 Å². The van der Waals surface area contributed by atoms with Gasteiger partial charge < -0.3 is 21.1 Å². The molecule has 1 aromatic heterocycles. The third-order valence-corrected chi connectivity index (χ3v) is 4.00. The zero-order chi connectivity index (χ0) is 18.5. The van der Waals surface area contributed by atoms with Crippen LogP contribution in [0.25, 0.3) is 11.1 Å². The standard InChI is InChI=1S/C19H18N4O3/c20-18(25)13-6-4-12(5-7-13)15-2-1-3-16(17(15)24)19(26)22-9-8-14-10-21-11-23-14/h1-7,10-11,24H,8-9H2,(H2,20,25)(H,21,23)(H,22,26). The van der Waals surface area contributed by atoms with Crippen molar-refractivity contribution in [3.8, 4) is 16.9 Å². The Morgan fingerprint density at radius 1 is 1.15 bits per heavy atom. The average molecular weight is 350 g/mol. The quantitative estimate of drug-likeness (QED) is 0.542. The Kier molecular flexibility index (Phi) is 4.98. The van der Waals surface area contributed by atoms with Crippen LogP contribution in [-0.4, -0.2) is 33.4 Å². The van der Waals surface area contributed by atoms with Gasteiger partial charge in [0.25, 0.3) is 5.91 Å². The number of aromatic amines is 1. The van der Waals surface area contributed by atoms with E-state index in [9.17, 15) is 14.7 Å². The van der Waals surface area contributed by atoms with Gasteiger partial charge in [-0.25, -0.2) is 4.98 Å². The number of hydrogen-bond acceptors (Lipinski definition) is 4. The molecule has 0 atom stereocenters. The zero-order valence-electron chi connectivity index (χ0n) is 13.9. The summed E-state index contributed by atoms with van der Waals surface area (Å²) in [5.74, 6) is -0.998. The van der Waals surface area contributed by atoms with Gasteiger partial charge >= 0.3 is 0 Å². The highest BCUT2D eigenvalue weighted by atomic mass is 16.3. The van der Waals surface area contributed by atoms with Crippen LogP contribution < -0.4 is 11.1 Å². The van der Waals surface area contributed by atoms with E-state index >= 15 is 0 Å². The van der Waals surface area contributed by atoms with E-state index in [2.05, 4.69) is 15.3 Å². The number of primary amides is 1. The van der Waals surface area contributed by atoms with Gasteiger partial charge in [-0.3, -0.25) is 9.59 Å². The molecule has 132 valence electrons. The number of phenols is 1. The molecule has 0 unspecified atom stereocenters. The van der Waals surface area contributed by atoms with Crippen molar-refractivity contribution in [2.75, 3.05) is 6.54 Å². The third-order valence-electron chi connectivity index (χ3n) is 4.00. The largest absolute Gasteiger partial charge is 0.506 e. The first-order valence-electron chi connectivity index (χ1n) is 8.04. The summed E-state index contributed by atoms with van der Waals surface area (Å²) in [6.45, 7) is 0.415. The van der Waals surface area contributed by atoms with Gasteiger partial charge in [0.15, 0.2) is 0 Å². The lowest BCUT2D eigenvalue weighted by atomic mass is 9.99. The van der Waals surface area contributed by atoms with Gasteiger partial charge in [0.2, 0.25) is 5.91 Å². The number of amides is 2. The minimum atomic E-state index is -0.522. The number of nitrogens with one attached hydrogen (secondary N) is 2. The molecule has 26 heavy (non-hydrogen) atoms. The summed E-state index contributed by atoms with van der Waals surface area (Å²) in [6.07, 6.45) is 3.89. The molecule has 0 radical (unpaired) electrons. The molecule has 0 aliphatic carbocycles. The van der Waals surface area contributed by atoms with Crippen molar-refractivity contribution < 1.29 is 14.7 Å². The molecule has 7 heteroatoms. The fourth-order valence-corrected chi connectivity index (χ4v) is 2.60. The second-order valence-corrected chi connectivity index (χ2v) is 5.73. The van der Waals surface area contributed by atoms with E-state index in [-0.39, 0.29) is 17.2 Å². The van der Waals surface area contributed by atoms with Crippen molar-refractivity contribution in [1.29, 1.82) is 0 Å². The normalized spacial score (nSPS) is 10.5. The van der Waals surface area contributed by atoms with Gasteiger partial charge in [-0.05, 0) is 23.8 Å². The fraction of sp³-hybridized carbons (Fsp3) is 0.105. The fourth-order valence-electron chi connectivity index (χ4n) is 2.60. The molecule has 0 fully saturated rings. The van der Waals surface area contributed by atoms with E-state index in [0.717, 1.165) is 5.69 Å². The highest BCUT2D eigenvalue weighted by Crippen LogP contribution is 2.32. The summed E-state index contributed by atoms with van der Waals surface area (Å²) in [6, 6.07) is 11.5. The summed E-state index contributed by atoms with van der Waals surface area (Å²) in [5, 5.41) is 13.3. The Morgan fingerprint density at radius 3 is 2.58 bits per heavy atom. The minimum absolute atomic E-state index is 0.113. The first kappa shape index (κ1) is 17.2. The Hall–Kier alpha value is -3.61. The number of aromatic nitrogens is 2. The molecular weight excluding hydrogens is 332 g/mol. The number of imidazole rings is 1. The SMILES string of the molecule is NC(=O)c1ccc(-c2cccc(C(=O)NCCc3cnc[nH]3)c2O)cc1. The molecule has 0 bridgehead atoms. The molecule has 3 aromatic rings. The van der Waals surface area contributed by atoms with Crippen LogP contribution in [-0.2, 0) is 6.42 Å². The van der Waals surface area contributed by atoms with Crippen molar-refractivity contribution in [2.45, 2.75) is 6.42 Å². The monoisotopic (exact) mass is 350 g/mol. The van der Waals surface area contributed by atoms with Gasteiger partial charge in [0.05, 0.1) is 11.9 Å². The van der Waals surface area contributed by atoms with Gasteiger partial charge in [0.1, 0.15) is 5.75 Å². The number of nitrogens with two attached hydrogens (primary N) is 1. The number of hydrogen-bond donors (Lipinski definition) is 4. The van der Waals surface area contributed by atoms with E-state index in [4.69, 9.17) is 5.73 Å². The number of para-hydroxylation sites is 1. The van der Waals surface area contributed by atoms with E-state index < -0.39 is 5.91 Å². The summed E-state index contributed by atoms with van der Waals surface area (Å²) in [7, 11) is 0. The van der Waals surface area contributed by atoms with Crippen LogP contribution in [0.4, 0.5) is 0 Å². The van der Waals surface area contributed by atoms with Gasteiger partial charge in [-0.1, -0.05) is 24.3 Å². The zero-order valence-corrected chi connectivity index (χ0v) is 13.9. The smallest absolute Gasteiger partial charge is 0.255 e. The number of H-pyrrole nitrogens is 1. The van der Waals surface area contributed by atoms with E-state index in [0.29, 0.717) is 29.7 Å². The molecular formula is C19H18N4O3. The van der Waals surface area contributed by atoms with Gasteiger partial charge in [-0.15, -0.1) is 0 Å². The average Bonchev–Trinajstić information content (AvgIpc) is 3.15. The molecule has 0 aliphatic rings. The number of carbonyl (C=O) groups excluding carboxylic acids is 2. The molecule has 0 aliphatic heterocycles.